The Kier molecular flexibility index (Phi) is 2.67. The molecule has 2 rings (SSSR count). The number of rotatable bonds is 2. The Morgan fingerprint density at radius 3 is 2.77 bits per heavy atom. The highest BCUT2D eigenvalue weighted by Crippen LogP contribution is 2.25. The molecule has 0 spiro atoms. The van der Waals surface area contributed by atoms with Crippen molar-refractivity contribution >= 4 is 0 Å². The van der Waals surface area contributed by atoms with Crippen LogP contribution in [0.5, 0.6) is 0 Å². The van der Waals surface area contributed by atoms with Crippen LogP contribution < -0.4 is 0 Å². The highest BCUT2D eigenvalue weighted by Gasteiger charge is 2.14. The van der Waals surface area contributed by atoms with Gasteiger partial charge in [0.05, 0.1) is 0 Å². The van der Waals surface area contributed by atoms with E-state index in [4.69, 9.17) is 0 Å². The third-order valence-corrected chi connectivity index (χ3v) is 3.10. The van der Waals surface area contributed by atoms with Crippen LogP contribution in [0.3, 0.4) is 0 Å². The third kappa shape index (κ3) is 2.11. The molecule has 72 valence electrons. The van der Waals surface area contributed by atoms with Crippen LogP contribution in [0.2, 0.25) is 0 Å². The van der Waals surface area contributed by atoms with E-state index in [2.05, 4.69) is 22.7 Å². The van der Waals surface area contributed by atoms with Gasteiger partial charge in [-0.25, -0.2) is 4.98 Å². The van der Waals surface area contributed by atoms with Gasteiger partial charge in [0.2, 0.25) is 0 Å². The highest BCUT2D eigenvalue weighted by molar-refractivity contribution is 4.89. The fraction of sp³-hybridized carbons (Fsp3) is 0.727. The zero-order valence-corrected chi connectivity index (χ0v) is 8.37. The van der Waals surface area contributed by atoms with E-state index in [-0.39, 0.29) is 0 Å². The molecule has 0 aliphatic heterocycles. The van der Waals surface area contributed by atoms with E-state index in [1.807, 2.05) is 6.20 Å². The number of hydrogen-bond acceptors (Lipinski definition) is 1. The van der Waals surface area contributed by atoms with Crippen molar-refractivity contribution in [1.82, 2.24) is 9.55 Å². The molecule has 0 bridgehead atoms. The Balaban J connectivity index is 1.93. The molecule has 1 aromatic heterocycles. The standard InChI is InChI=1S/C11H18N2/c1-10-12-7-8-13(10)9-11-5-3-2-4-6-11/h7-8,11H,2-6,9H2,1H3. The van der Waals surface area contributed by atoms with Gasteiger partial charge in [0.15, 0.2) is 0 Å². The van der Waals surface area contributed by atoms with E-state index in [1.54, 1.807) is 0 Å². The van der Waals surface area contributed by atoms with Crippen LogP contribution >= 0.6 is 0 Å². The molecule has 0 unspecified atom stereocenters. The highest BCUT2D eigenvalue weighted by atomic mass is 15.1. The van der Waals surface area contributed by atoms with E-state index >= 15 is 0 Å². The normalized spacial score (nSPS) is 19.2. The summed E-state index contributed by atoms with van der Waals surface area (Å²) in [4.78, 5) is 4.25. The van der Waals surface area contributed by atoms with Gasteiger partial charge in [-0.05, 0) is 25.7 Å². The van der Waals surface area contributed by atoms with Gasteiger partial charge in [-0.15, -0.1) is 0 Å². The van der Waals surface area contributed by atoms with Gasteiger partial charge in [0, 0.05) is 18.9 Å². The summed E-state index contributed by atoms with van der Waals surface area (Å²) in [6, 6.07) is 0. The van der Waals surface area contributed by atoms with Crippen LogP contribution in [0, 0.1) is 12.8 Å². The summed E-state index contributed by atoms with van der Waals surface area (Å²) in [5.74, 6) is 2.06. The molecule has 1 aliphatic rings. The molecule has 0 atom stereocenters. The van der Waals surface area contributed by atoms with E-state index in [0.29, 0.717) is 0 Å². The number of aryl methyl sites for hydroxylation is 1. The molecule has 1 aromatic rings. The first-order valence-corrected chi connectivity index (χ1v) is 5.34. The number of hydrogen-bond donors (Lipinski definition) is 0. The second-order valence-electron chi connectivity index (χ2n) is 4.13. The number of nitrogens with zero attached hydrogens (tertiary/aromatic N) is 2. The van der Waals surface area contributed by atoms with E-state index in [1.165, 1.54) is 38.6 Å². The summed E-state index contributed by atoms with van der Waals surface area (Å²) in [5.41, 5.74) is 0. The summed E-state index contributed by atoms with van der Waals surface area (Å²) < 4.78 is 2.29. The molecule has 0 saturated heterocycles. The first kappa shape index (κ1) is 8.79. The lowest BCUT2D eigenvalue weighted by Crippen LogP contribution is -2.14. The van der Waals surface area contributed by atoms with Crippen LogP contribution in [-0.4, -0.2) is 9.55 Å². The Bertz CT molecular complexity index is 259. The molecular weight excluding hydrogens is 160 g/mol. The minimum Gasteiger partial charge on any atom is -0.335 e. The maximum absolute atomic E-state index is 4.25. The maximum Gasteiger partial charge on any atom is 0.105 e. The molecule has 2 heteroatoms. The molecule has 1 saturated carbocycles. The van der Waals surface area contributed by atoms with Gasteiger partial charge < -0.3 is 4.57 Å². The van der Waals surface area contributed by atoms with Gasteiger partial charge in [0.25, 0.3) is 0 Å². The Morgan fingerprint density at radius 1 is 1.38 bits per heavy atom. The first-order valence-electron chi connectivity index (χ1n) is 5.34. The molecule has 0 aromatic carbocycles. The largest absolute Gasteiger partial charge is 0.335 e. The van der Waals surface area contributed by atoms with Crippen molar-refractivity contribution in [3.63, 3.8) is 0 Å². The van der Waals surface area contributed by atoms with Gasteiger partial charge in [-0.2, -0.15) is 0 Å². The smallest absolute Gasteiger partial charge is 0.105 e. The van der Waals surface area contributed by atoms with E-state index in [9.17, 15) is 0 Å². The third-order valence-electron chi connectivity index (χ3n) is 3.10. The topological polar surface area (TPSA) is 17.8 Å². The molecule has 1 fully saturated rings. The van der Waals surface area contributed by atoms with Crippen molar-refractivity contribution in [3.8, 4) is 0 Å². The van der Waals surface area contributed by atoms with Crippen molar-refractivity contribution in [3.05, 3.63) is 18.2 Å². The predicted molar refractivity (Wildman–Crippen MR) is 53.5 cm³/mol. The van der Waals surface area contributed by atoms with Crippen molar-refractivity contribution in [2.75, 3.05) is 0 Å². The van der Waals surface area contributed by atoms with Crippen molar-refractivity contribution in [2.24, 2.45) is 5.92 Å². The molecule has 1 heterocycles. The van der Waals surface area contributed by atoms with E-state index in [0.717, 1.165) is 11.7 Å². The lowest BCUT2D eigenvalue weighted by atomic mass is 9.89. The van der Waals surface area contributed by atoms with Crippen molar-refractivity contribution in [1.29, 1.82) is 0 Å². The lowest BCUT2D eigenvalue weighted by molar-refractivity contribution is 0.317. The zero-order chi connectivity index (χ0) is 9.10. The lowest BCUT2D eigenvalue weighted by Gasteiger charge is -2.22. The number of imidazole rings is 1. The fourth-order valence-corrected chi connectivity index (χ4v) is 2.24. The summed E-state index contributed by atoms with van der Waals surface area (Å²) in [5, 5.41) is 0. The predicted octanol–water partition coefficient (Wildman–Crippen LogP) is 2.77. The van der Waals surface area contributed by atoms with Crippen LogP contribution in [0.25, 0.3) is 0 Å². The molecule has 0 amide bonds. The summed E-state index contributed by atoms with van der Waals surface area (Å²) in [6.07, 6.45) is 11.1. The molecule has 13 heavy (non-hydrogen) atoms. The van der Waals surface area contributed by atoms with Crippen LogP contribution in [0.1, 0.15) is 37.9 Å². The van der Waals surface area contributed by atoms with Crippen LogP contribution in [0.15, 0.2) is 12.4 Å². The average Bonchev–Trinajstić information content (AvgIpc) is 2.54. The SMILES string of the molecule is Cc1nccn1CC1CCCCC1. The Morgan fingerprint density at radius 2 is 2.15 bits per heavy atom. The Hall–Kier alpha value is -0.790. The van der Waals surface area contributed by atoms with Crippen LogP contribution in [0.4, 0.5) is 0 Å². The minimum absolute atomic E-state index is 0.904. The second kappa shape index (κ2) is 3.95. The number of aromatic nitrogens is 2. The monoisotopic (exact) mass is 178 g/mol. The van der Waals surface area contributed by atoms with Gasteiger partial charge in [-0.1, -0.05) is 19.3 Å². The molecule has 0 N–H and O–H groups in total. The van der Waals surface area contributed by atoms with Crippen LogP contribution in [-0.2, 0) is 6.54 Å². The summed E-state index contributed by atoms with van der Waals surface area (Å²) in [7, 11) is 0. The first-order chi connectivity index (χ1) is 6.36. The molecule has 0 radical (unpaired) electrons. The average molecular weight is 178 g/mol. The molecule has 1 aliphatic carbocycles. The summed E-state index contributed by atoms with van der Waals surface area (Å²) in [6.45, 7) is 3.27. The quantitative estimate of drug-likeness (QED) is 0.681. The molecular formula is C11H18N2. The maximum atomic E-state index is 4.25. The van der Waals surface area contributed by atoms with Gasteiger partial charge in [0.1, 0.15) is 5.82 Å². The zero-order valence-electron chi connectivity index (χ0n) is 8.37. The molecule has 2 nitrogen and oxygen atoms in total. The van der Waals surface area contributed by atoms with E-state index < -0.39 is 0 Å². The van der Waals surface area contributed by atoms with Gasteiger partial charge >= 0.3 is 0 Å². The van der Waals surface area contributed by atoms with Crippen molar-refractivity contribution in [2.45, 2.75) is 45.6 Å². The van der Waals surface area contributed by atoms with Gasteiger partial charge in [-0.3, -0.25) is 0 Å². The minimum atomic E-state index is 0.904. The summed E-state index contributed by atoms with van der Waals surface area (Å²) >= 11 is 0. The Labute approximate surface area is 80.0 Å². The second-order valence-corrected chi connectivity index (χ2v) is 4.13. The fourth-order valence-electron chi connectivity index (χ4n) is 2.24. The van der Waals surface area contributed by atoms with Crippen molar-refractivity contribution < 1.29 is 0 Å².